The van der Waals surface area contributed by atoms with E-state index in [1.165, 1.54) is 0 Å². The van der Waals surface area contributed by atoms with Crippen LogP contribution in [0.25, 0.3) is 0 Å². The van der Waals surface area contributed by atoms with E-state index >= 15 is 0 Å². The predicted molar refractivity (Wildman–Crippen MR) is 23.4 cm³/mol. The van der Waals surface area contributed by atoms with E-state index < -0.39 is 12.7 Å². The molecule has 0 aliphatic heterocycles. The van der Waals surface area contributed by atoms with E-state index in [9.17, 15) is 0 Å². The maximum Gasteiger partial charge on any atom is 0.0565 e. The molecule has 0 radical (unpaired) electrons. The second-order valence-electron chi connectivity index (χ2n) is 1.07. The van der Waals surface area contributed by atoms with Crippen LogP contribution in [0.4, 0.5) is 0 Å². The monoisotopic (exact) mass is 92.1 g/mol. The Balaban J connectivity index is 3.10. The molecule has 0 heterocycles. The van der Waals surface area contributed by atoms with Gasteiger partial charge in [0.25, 0.3) is 0 Å². The SMILES string of the molecule is [2H]CC(O)CC([2H])O. The van der Waals surface area contributed by atoms with Crippen molar-refractivity contribution in [3.8, 4) is 0 Å². The molecule has 2 unspecified atom stereocenters. The lowest BCUT2D eigenvalue weighted by molar-refractivity contribution is 0.148. The summed E-state index contributed by atoms with van der Waals surface area (Å²) in [4.78, 5) is 0. The largest absolute Gasteiger partial charge is 0.396 e. The van der Waals surface area contributed by atoms with Crippen LogP contribution in [0.5, 0.6) is 0 Å². The molecule has 2 atom stereocenters. The minimum absolute atomic E-state index is 0.0243. The van der Waals surface area contributed by atoms with Crippen molar-refractivity contribution in [1.82, 2.24) is 0 Å². The van der Waals surface area contributed by atoms with Gasteiger partial charge in [0.15, 0.2) is 0 Å². The molecule has 0 aliphatic rings. The molecule has 0 aromatic heterocycles. The molecule has 0 saturated heterocycles. The van der Waals surface area contributed by atoms with Gasteiger partial charge < -0.3 is 10.2 Å². The van der Waals surface area contributed by atoms with Gasteiger partial charge in [-0.3, -0.25) is 0 Å². The highest BCUT2D eigenvalue weighted by Gasteiger charge is 1.88. The van der Waals surface area contributed by atoms with Crippen LogP contribution >= 0.6 is 0 Å². The van der Waals surface area contributed by atoms with Crippen LogP contribution < -0.4 is 0 Å². The lowest BCUT2D eigenvalue weighted by Crippen LogP contribution is -2.00. The van der Waals surface area contributed by atoms with E-state index in [4.69, 9.17) is 13.0 Å². The second kappa shape index (κ2) is 3.12. The Labute approximate surface area is 40.2 Å². The standard InChI is InChI=1S/C4H10O2/c1-4(6)2-3-5/h4-6H,2-3H2,1H3/i1D,3D. The highest BCUT2D eigenvalue weighted by atomic mass is 16.3. The summed E-state index contributed by atoms with van der Waals surface area (Å²) in [6.45, 7) is -1.38. The molecule has 0 saturated carbocycles. The van der Waals surface area contributed by atoms with Crippen LogP contribution in [0.15, 0.2) is 0 Å². The molecule has 0 spiro atoms. The summed E-state index contributed by atoms with van der Waals surface area (Å²) in [6, 6.07) is 0. The first-order valence-corrected chi connectivity index (χ1v) is 1.74. The number of hydrogen-bond acceptors (Lipinski definition) is 2. The zero-order valence-electron chi connectivity index (χ0n) is 5.46. The zero-order valence-corrected chi connectivity index (χ0v) is 3.46. The van der Waals surface area contributed by atoms with Crippen molar-refractivity contribution in [3.63, 3.8) is 0 Å². The van der Waals surface area contributed by atoms with Gasteiger partial charge in [0, 0.05) is 7.95 Å². The fourth-order valence-electron chi connectivity index (χ4n) is 0.122. The fourth-order valence-corrected chi connectivity index (χ4v) is 0.122. The molecule has 2 nitrogen and oxygen atoms in total. The molecule has 0 aromatic rings. The summed E-state index contributed by atoms with van der Waals surface area (Å²) < 4.78 is 13.1. The lowest BCUT2D eigenvalue weighted by Gasteiger charge is -1.95. The van der Waals surface area contributed by atoms with E-state index in [0.29, 0.717) is 0 Å². The van der Waals surface area contributed by atoms with Crippen LogP contribution in [0.2, 0.25) is 0 Å². The normalized spacial score (nSPS) is 24.3. The minimum atomic E-state index is -1.24. The average Bonchev–Trinajstić information content (AvgIpc) is 1.65. The van der Waals surface area contributed by atoms with Crippen molar-refractivity contribution in [1.29, 1.82) is 0 Å². The van der Waals surface area contributed by atoms with E-state index in [-0.39, 0.29) is 13.3 Å². The van der Waals surface area contributed by atoms with Crippen molar-refractivity contribution in [2.45, 2.75) is 19.4 Å². The topological polar surface area (TPSA) is 40.5 Å². The number of aliphatic hydroxyl groups excluding tert-OH is 2. The molecule has 0 aromatic carbocycles. The molecular weight excluding hydrogens is 80.0 g/mol. The third kappa shape index (κ3) is 3.92. The van der Waals surface area contributed by atoms with Gasteiger partial charge in [-0.25, -0.2) is 0 Å². The molecule has 38 valence electrons. The Hall–Kier alpha value is -0.0800. The minimum Gasteiger partial charge on any atom is -0.396 e. The smallest absolute Gasteiger partial charge is 0.0565 e. The van der Waals surface area contributed by atoms with E-state index in [1.54, 1.807) is 0 Å². The molecular formula is C4H10O2. The van der Waals surface area contributed by atoms with Crippen LogP contribution in [0.3, 0.4) is 0 Å². The summed E-state index contributed by atoms with van der Waals surface area (Å²) in [5.74, 6) is 0. The molecule has 0 rings (SSSR count). The van der Waals surface area contributed by atoms with Crippen molar-refractivity contribution in [2.75, 3.05) is 6.58 Å². The summed E-state index contributed by atoms with van der Waals surface area (Å²) in [5, 5.41) is 16.8. The number of aliphatic hydroxyl groups is 2. The Morgan fingerprint density at radius 3 is 3.00 bits per heavy atom. The maximum atomic E-state index is 8.56. The summed E-state index contributed by atoms with van der Waals surface area (Å²) >= 11 is 0. The van der Waals surface area contributed by atoms with Crippen molar-refractivity contribution in [3.05, 3.63) is 0 Å². The van der Waals surface area contributed by atoms with Crippen LogP contribution in [0.1, 0.15) is 16.1 Å². The Kier molecular flexibility index (Phi) is 1.56. The summed E-state index contributed by atoms with van der Waals surface area (Å²) in [7, 11) is 0. The Morgan fingerprint density at radius 1 is 2.17 bits per heavy atom. The quantitative estimate of drug-likeness (QED) is 0.493. The number of rotatable bonds is 2. The van der Waals surface area contributed by atoms with Gasteiger partial charge in [-0.1, -0.05) is 0 Å². The molecule has 0 fully saturated rings. The Morgan fingerprint density at radius 2 is 2.83 bits per heavy atom. The number of hydrogen-bond donors (Lipinski definition) is 2. The lowest BCUT2D eigenvalue weighted by atomic mass is 10.3. The average molecular weight is 92.1 g/mol. The van der Waals surface area contributed by atoms with E-state index in [2.05, 4.69) is 0 Å². The van der Waals surface area contributed by atoms with Crippen molar-refractivity contribution in [2.24, 2.45) is 0 Å². The van der Waals surface area contributed by atoms with Gasteiger partial charge in [-0.15, -0.1) is 0 Å². The maximum absolute atomic E-state index is 8.56. The second-order valence-corrected chi connectivity index (χ2v) is 1.07. The highest BCUT2D eigenvalue weighted by Crippen LogP contribution is 1.83. The molecule has 6 heavy (non-hydrogen) atoms. The third-order valence-corrected chi connectivity index (χ3v) is 0.377. The van der Waals surface area contributed by atoms with E-state index in [0.717, 1.165) is 0 Å². The molecule has 0 bridgehead atoms. The van der Waals surface area contributed by atoms with Gasteiger partial charge in [-0.2, -0.15) is 0 Å². The van der Waals surface area contributed by atoms with Gasteiger partial charge >= 0.3 is 0 Å². The van der Waals surface area contributed by atoms with Gasteiger partial charge in [0.1, 0.15) is 0 Å². The molecule has 0 aliphatic carbocycles. The first-order chi connectivity index (χ1) is 3.66. The third-order valence-electron chi connectivity index (χ3n) is 0.377. The van der Waals surface area contributed by atoms with E-state index in [1.807, 2.05) is 0 Å². The predicted octanol–water partition coefficient (Wildman–Crippen LogP) is -0.250. The summed E-state index contributed by atoms with van der Waals surface area (Å²) in [5.41, 5.74) is 0. The van der Waals surface area contributed by atoms with Crippen LogP contribution in [0, 0.1) is 0 Å². The Bertz CT molecular complexity index is 58.0. The van der Waals surface area contributed by atoms with Gasteiger partial charge in [-0.05, 0) is 13.3 Å². The molecule has 2 heteroatoms. The highest BCUT2D eigenvalue weighted by molar-refractivity contribution is 4.40. The van der Waals surface area contributed by atoms with Crippen LogP contribution in [-0.2, 0) is 0 Å². The molecule has 0 amide bonds. The first kappa shape index (κ1) is 2.99. The fraction of sp³-hybridized carbons (Fsp3) is 1.00. The zero-order chi connectivity index (χ0) is 6.57. The van der Waals surface area contributed by atoms with Crippen molar-refractivity contribution >= 4 is 0 Å². The first-order valence-electron chi connectivity index (χ1n) is 3.03. The summed E-state index contributed by atoms with van der Waals surface area (Å²) in [6.07, 6.45) is -0.869. The van der Waals surface area contributed by atoms with Crippen LogP contribution in [-0.4, -0.2) is 22.9 Å². The van der Waals surface area contributed by atoms with Gasteiger partial charge in [0.05, 0.1) is 7.47 Å². The molecule has 2 N–H and O–H groups in total. The van der Waals surface area contributed by atoms with Gasteiger partial charge in [0.2, 0.25) is 0 Å². The van der Waals surface area contributed by atoms with Crippen molar-refractivity contribution < 1.29 is 13.0 Å².